The second kappa shape index (κ2) is 6.95. The van der Waals surface area contributed by atoms with Gasteiger partial charge in [-0.25, -0.2) is 8.42 Å². The van der Waals surface area contributed by atoms with Crippen molar-refractivity contribution < 1.29 is 13.2 Å². The summed E-state index contributed by atoms with van der Waals surface area (Å²) in [5.41, 5.74) is 2.24. The smallest absolute Gasteiger partial charge is 0.243 e. The van der Waals surface area contributed by atoms with E-state index in [0.29, 0.717) is 23.8 Å². The first-order chi connectivity index (χ1) is 11.5. The van der Waals surface area contributed by atoms with E-state index in [4.69, 9.17) is 4.74 Å². The maximum Gasteiger partial charge on any atom is 0.243 e. The van der Waals surface area contributed by atoms with Crippen molar-refractivity contribution in [3.63, 3.8) is 0 Å². The van der Waals surface area contributed by atoms with Crippen molar-refractivity contribution in [2.24, 2.45) is 0 Å². The predicted molar refractivity (Wildman–Crippen MR) is 94.7 cm³/mol. The second-order valence-corrected chi connectivity index (χ2v) is 7.98. The topological polar surface area (TPSA) is 46.6 Å². The Labute approximate surface area is 144 Å². The number of rotatable bonds is 5. The van der Waals surface area contributed by atoms with Crippen molar-refractivity contribution >= 4 is 10.0 Å². The van der Waals surface area contributed by atoms with Crippen LogP contribution >= 0.6 is 0 Å². The quantitative estimate of drug-likeness (QED) is 0.825. The van der Waals surface area contributed by atoms with E-state index in [1.165, 1.54) is 5.56 Å². The lowest BCUT2D eigenvalue weighted by Gasteiger charge is -2.24. The molecule has 1 aliphatic heterocycles. The number of hydrogen-bond donors (Lipinski definition) is 0. The summed E-state index contributed by atoms with van der Waals surface area (Å²) in [6.07, 6.45) is 1.74. The van der Waals surface area contributed by atoms with Crippen LogP contribution in [-0.4, -0.2) is 25.9 Å². The van der Waals surface area contributed by atoms with Crippen LogP contribution in [0.25, 0.3) is 0 Å². The molecule has 0 radical (unpaired) electrons. The van der Waals surface area contributed by atoms with Gasteiger partial charge < -0.3 is 4.74 Å². The molecule has 2 aromatic carbocycles. The van der Waals surface area contributed by atoms with E-state index in [0.717, 1.165) is 18.4 Å². The molecule has 1 aliphatic rings. The largest absolute Gasteiger partial charge is 0.494 e. The molecule has 0 aromatic heterocycles. The van der Waals surface area contributed by atoms with Crippen LogP contribution in [0.1, 0.15) is 36.9 Å². The Bertz CT molecular complexity index is 782. The van der Waals surface area contributed by atoms with Crippen molar-refractivity contribution in [1.82, 2.24) is 4.31 Å². The average Bonchev–Trinajstić information content (AvgIpc) is 3.07. The molecule has 128 valence electrons. The predicted octanol–water partition coefficient (Wildman–Crippen LogP) is 3.92. The van der Waals surface area contributed by atoms with E-state index in [1.807, 2.05) is 38.1 Å². The van der Waals surface area contributed by atoms with Gasteiger partial charge in [-0.05, 0) is 56.5 Å². The molecule has 4 nitrogen and oxygen atoms in total. The number of benzene rings is 2. The van der Waals surface area contributed by atoms with Crippen LogP contribution in [-0.2, 0) is 10.0 Å². The van der Waals surface area contributed by atoms with Crippen LogP contribution in [0.4, 0.5) is 0 Å². The number of ether oxygens (including phenoxy) is 1. The van der Waals surface area contributed by atoms with Crippen LogP contribution in [0.3, 0.4) is 0 Å². The Kier molecular flexibility index (Phi) is 4.92. The number of nitrogens with zero attached hydrogens (tertiary/aromatic N) is 1. The Hall–Kier alpha value is -1.85. The van der Waals surface area contributed by atoms with E-state index >= 15 is 0 Å². The zero-order valence-electron chi connectivity index (χ0n) is 14.1. The van der Waals surface area contributed by atoms with Gasteiger partial charge in [0, 0.05) is 6.54 Å². The van der Waals surface area contributed by atoms with Crippen molar-refractivity contribution in [1.29, 1.82) is 0 Å². The van der Waals surface area contributed by atoms with Gasteiger partial charge >= 0.3 is 0 Å². The molecule has 24 heavy (non-hydrogen) atoms. The minimum absolute atomic E-state index is 0.0813. The lowest BCUT2D eigenvalue weighted by molar-refractivity contribution is 0.340. The van der Waals surface area contributed by atoms with Gasteiger partial charge in [0.15, 0.2) is 0 Å². The molecule has 5 heteroatoms. The molecule has 0 N–H and O–H groups in total. The zero-order chi connectivity index (χ0) is 17.2. The highest BCUT2D eigenvalue weighted by Crippen LogP contribution is 2.36. The molecule has 2 aromatic rings. The first kappa shape index (κ1) is 17.0. The van der Waals surface area contributed by atoms with E-state index < -0.39 is 10.0 Å². The SMILES string of the molecule is CCOc1ccc(S(=O)(=O)N2CCC[C@H]2c2ccc(C)cc2)cc1. The molecular weight excluding hydrogens is 322 g/mol. The lowest BCUT2D eigenvalue weighted by atomic mass is 10.0. The average molecular weight is 345 g/mol. The Morgan fingerprint density at radius 3 is 2.38 bits per heavy atom. The van der Waals surface area contributed by atoms with Gasteiger partial charge in [-0.1, -0.05) is 29.8 Å². The molecule has 1 fully saturated rings. The summed E-state index contributed by atoms with van der Waals surface area (Å²) in [5.74, 6) is 0.688. The Morgan fingerprint density at radius 2 is 1.75 bits per heavy atom. The summed E-state index contributed by atoms with van der Waals surface area (Å²) >= 11 is 0. The summed E-state index contributed by atoms with van der Waals surface area (Å²) in [7, 11) is -3.50. The minimum Gasteiger partial charge on any atom is -0.494 e. The summed E-state index contributed by atoms with van der Waals surface area (Å²) < 4.78 is 33.1. The maximum absolute atomic E-state index is 13.0. The van der Waals surface area contributed by atoms with E-state index in [9.17, 15) is 8.42 Å². The van der Waals surface area contributed by atoms with Gasteiger partial charge in [0.25, 0.3) is 0 Å². The molecule has 0 spiro atoms. The third kappa shape index (κ3) is 3.32. The molecule has 0 saturated carbocycles. The molecular formula is C19H23NO3S. The van der Waals surface area contributed by atoms with Crippen LogP contribution in [0.15, 0.2) is 53.4 Å². The Balaban J connectivity index is 1.88. The standard InChI is InChI=1S/C19H23NO3S/c1-3-23-17-10-12-18(13-11-17)24(21,22)20-14-4-5-19(20)16-8-6-15(2)7-9-16/h6-13,19H,3-5,14H2,1-2H3/t19-/m0/s1. The van der Waals surface area contributed by atoms with Crippen LogP contribution in [0, 0.1) is 6.92 Å². The molecule has 0 bridgehead atoms. The number of sulfonamides is 1. The molecule has 3 rings (SSSR count). The number of aryl methyl sites for hydroxylation is 1. The summed E-state index contributed by atoms with van der Waals surface area (Å²) in [5, 5.41) is 0. The highest BCUT2D eigenvalue weighted by Gasteiger charge is 2.36. The van der Waals surface area contributed by atoms with Crippen molar-refractivity contribution in [3.8, 4) is 5.75 Å². The highest BCUT2D eigenvalue weighted by molar-refractivity contribution is 7.89. The van der Waals surface area contributed by atoms with Gasteiger partial charge in [-0.15, -0.1) is 0 Å². The molecule has 0 unspecified atom stereocenters. The van der Waals surface area contributed by atoms with E-state index in [-0.39, 0.29) is 6.04 Å². The fourth-order valence-corrected chi connectivity index (χ4v) is 4.84. The molecule has 1 atom stereocenters. The van der Waals surface area contributed by atoms with Crippen molar-refractivity contribution in [2.75, 3.05) is 13.2 Å². The fourth-order valence-electron chi connectivity index (χ4n) is 3.16. The summed E-state index contributed by atoms with van der Waals surface area (Å²) in [6, 6.07) is 14.8. The van der Waals surface area contributed by atoms with Crippen LogP contribution < -0.4 is 4.74 Å². The normalized spacial score (nSPS) is 18.7. The molecule has 0 amide bonds. The minimum atomic E-state index is -3.50. The van der Waals surface area contributed by atoms with Crippen molar-refractivity contribution in [2.45, 2.75) is 37.6 Å². The third-order valence-corrected chi connectivity index (χ3v) is 6.33. The first-order valence-corrected chi connectivity index (χ1v) is 9.77. The lowest BCUT2D eigenvalue weighted by Crippen LogP contribution is -2.30. The highest BCUT2D eigenvalue weighted by atomic mass is 32.2. The summed E-state index contributed by atoms with van der Waals surface area (Å²) in [6.45, 7) is 5.07. The van der Waals surface area contributed by atoms with Gasteiger partial charge in [0.05, 0.1) is 17.5 Å². The zero-order valence-corrected chi connectivity index (χ0v) is 14.9. The molecule has 1 heterocycles. The first-order valence-electron chi connectivity index (χ1n) is 8.33. The summed E-state index contributed by atoms with van der Waals surface area (Å²) in [4.78, 5) is 0.324. The van der Waals surface area contributed by atoms with Crippen LogP contribution in [0.2, 0.25) is 0 Å². The van der Waals surface area contributed by atoms with Gasteiger partial charge in [0.2, 0.25) is 10.0 Å². The third-order valence-electron chi connectivity index (χ3n) is 4.41. The molecule has 1 saturated heterocycles. The maximum atomic E-state index is 13.0. The van der Waals surface area contributed by atoms with Gasteiger partial charge in [-0.2, -0.15) is 4.31 Å². The second-order valence-electron chi connectivity index (χ2n) is 6.09. The number of hydrogen-bond acceptors (Lipinski definition) is 3. The fraction of sp³-hybridized carbons (Fsp3) is 0.368. The van der Waals surface area contributed by atoms with Gasteiger partial charge in [0.1, 0.15) is 5.75 Å². The monoisotopic (exact) mass is 345 g/mol. The van der Waals surface area contributed by atoms with Crippen molar-refractivity contribution in [3.05, 3.63) is 59.7 Å². The Morgan fingerprint density at radius 1 is 1.08 bits per heavy atom. The molecule has 0 aliphatic carbocycles. The van der Waals surface area contributed by atoms with Gasteiger partial charge in [-0.3, -0.25) is 0 Å². The van der Waals surface area contributed by atoms with E-state index in [1.54, 1.807) is 28.6 Å². The van der Waals surface area contributed by atoms with Crippen LogP contribution in [0.5, 0.6) is 5.75 Å². The van der Waals surface area contributed by atoms with E-state index in [2.05, 4.69) is 0 Å².